The first kappa shape index (κ1) is 22.8. The number of amides is 2. The Hall–Kier alpha value is -3.43. The fraction of sp³-hybridized carbons (Fsp3) is 0.217. The lowest BCUT2D eigenvalue weighted by molar-refractivity contribution is -0.141. The highest BCUT2D eigenvalue weighted by Gasteiger charge is 2.31. The zero-order valence-corrected chi connectivity index (χ0v) is 19.2. The van der Waals surface area contributed by atoms with Crippen molar-refractivity contribution in [2.24, 2.45) is 5.92 Å². The molecule has 4 rings (SSSR count). The van der Waals surface area contributed by atoms with E-state index in [-0.39, 0.29) is 18.4 Å². The van der Waals surface area contributed by atoms with E-state index in [1.165, 1.54) is 17.5 Å². The van der Waals surface area contributed by atoms with E-state index in [1.54, 1.807) is 35.2 Å². The van der Waals surface area contributed by atoms with Gasteiger partial charge < -0.3 is 20.6 Å². The molecule has 2 amide bonds. The van der Waals surface area contributed by atoms with Crippen molar-refractivity contribution in [3.05, 3.63) is 69.7 Å². The van der Waals surface area contributed by atoms with E-state index in [0.717, 1.165) is 5.56 Å². The molecular weight excluding hydrogens is 464 g/mol. The molecule has 1 fully saturated rings. The van der Waals surface area contributed by atoms with E-state index in [1.807, 2.05) is 19.1 Å². The summed E-state index contributed by atoms with van der Waals surface area (Å²) < 4.78 is 0. The molecule has 0 radical (unpaired) electrons. The SMILES string of the molecule is Cc1cccc(Cl)c1NC(=O)c1cnc(Nc2cccc(C(=O)N3CCC(C(=O)O)C3)c2)s1. The second kappa shape index (κ2) is 9.60. The van der Waals surface area contributed by atoms with Crippen molar-refractivity contribution in [3.8, 4) is 0 Å². The average Bonchev–Trinajstić information content (AvgIpc) is 3.46. The Morgan fingerprint density at radius 3 is 2.73 bits per heavy atom. The maximum absolute atomic E-state index is 12.8. The van der Waals surface area contributed by atoms with Gasteiger partial charge >= 0.3 is 5.97 Å². The molecule has 33 heavy (non-hydrogen) atoms. The number of benzene rings is 2. The van der Waals surface area contributed by atoms with Crippen molar-refractivity contribution in [3.63, 3.8) is 0 Å². The molecule has 1 unspecified atom stereocenters. The number of halogens is 1. The minimum Gasteiger partial charge on any atom is -0.481 e. The highest BCUT2D eigenvalue weighted by Crippen LogP contribution is 2.28. The van der Waals surface area contributed by atoms with Crippen LogP contribution in [0.3, 0.4) is 0 Å². The van der Waals surface area contributed by atoms with Crippen molar-refractivity contribution in [1.29, 1.82) is 0 Å². The molecule has 0 spiro atoms. The van der Waals surface area contributed by atoms with Crippen LogP contribution in [0, 0.1) is 12.8 Å². The first-order chi connectivity index (χ1) is 15.8. The molecule has 1 aromatic heterocycles. The number of carboxylic acids is 1. The Balaban J connectivity index is 1.43. The van der Waals surface area contributed by atoms with Crippen LogP contribution in [0.1, 0.15) is 32.0 Å². The van der Waals surface area contributed by atoms with Gasteiger partial charge in [0.2, 0.25) is 0 Å². The number of anilines is 3. The molecular formula is C23H21ClN4O4S. The molecule has 0 saturated carbocycles. The molecule has 3 aromatic rings. The van der Waals surface area contributed by atoms with E-state index >= 15 is 0 Å². The normalized spacial score (nSPS) is 15.3. The molecule has 10 heteroatoms. The molecule has 8 nitrogen and oxygen atoms in total. The summed E-state index contributed by atoms with van der Waals surface area (Å²) in [7, 11) is 0. The molecule has 3 N–H and O–H groups in total. The molecule has 2 heterocycles. The maximum atomic E-state index is 12.8. The molecule has 1 aliphatic heterocycles. The summed E-state index contributed by atoms with van der Waals surface area (Å²) in [6.45, 7) is 2.49. The number of hydrogen-bond donors (Lipinski definition) is 3. The highest BCUT2D eigenvalue weighted by molar-refractivity contribution is 7.17. The Morgan fingerprint density at radius 1 is 1.21 bits per heavy atom. The Labute approximate surface area is 199 Å². The standard InChI is InChI=1S/C23H21ClN4O4S/c1-13-4-2-7-17(24)19(13)27-20(29)18-11-25-23(33-18)26-16-6-3-5-14(10-16)21(30)28-9-8-15(12-28)22(31)32/h2-7,10-11,15H,8-9,12H2,1H3,(H,25,26)(H,27,29)(H,31,32). The van der Waals surface area contributed by atoms with Gasteiger partial charge in [0.1, 0.15) is 4.88 Å². The van der Waals surface area contributed by atoms with Gasteiger partial charge in [-0.05, 0) is 43.2 Å². The van der Waals surface area contributed by atoms with Crippen LogP contribution in [0.25, 0.3) is 0 Å². The lowest BCUT2D eigenvalue weighted by Crippen LogP contribution is -2.29. The number of carbonyl (C=O) groups is 3. The van der Waals surface area contributed by atoms with Gasteiger partial charge in [0.25, 0.3) is 11.8 Å². The molecule has 1 atom stereocenters. The van der Waals surface area contributed by atoms with Gasteiger partial charge in [-0.15, -0.1) is 0 Å². The van der Waals surface area contributed by atoms with Gasteiger partial charge in [-0.3, -0.25) is 14.4 Å². The summed E-state index contributed by atoms with van der Waals surface area (Å²) in [6.07, 6.45) is 1.93. The monoisotopic (exact) mass is 484 g/mol. The lowest BCUT2D eigenvalue weighted by atomic mass is 10.1. The quantitative estimate of drug-likeness (QED) is 0.469. The molecule has 1 saturated heterocycles. The summed E-state index contributed by atoms with van der Waals surface area (Å²) in [6, 6.07) is 12.3. The largest absolute Gasteiger partial charge is 0.481 e. The Kier molecular flexibility index (Phi) is 6.62. The topological polar surface area (TPSA) is 112 Å². The van der Waals surface area contributed by atoms with E-state index in [9.17, 15) is 14.4 Å². The van der Waals surface area contributed by atoms with Crippen LogP contribution >= 0.6 is 22.9 Å². The molecule has 2 aromatic carbocycles. The van der Waals surface area contributed by atoms with Gasteiger partial charge in [0.05, 0.1) is 22.8 Å². The van der Waals surface area contributed by atoms with Gasteiger partial charge in [0, 0.05) is 24.3 Å². The summed E-state index contributed by atoms with van der Waals surface area (Å²) >= 11 is 7.36. The van der Waals surface area contributed by atoms with Crippen molar-refractivity contribution < 1.29 is 19.5 Å². The van der Waals surface area contributed by atoms with E-state index in [2.05, 4.69) is 15.6 Å². The summed E-state index contributed by atoms with van der Waals surface area (Å²) in [4.78, 5) is 42.8. The van der Waals surface area contributed by atoms with Gasteiger partial charge in [-0.1, -0.05) is 41.1 Å². The number of carboxylic acid groups (broad SMARTS) is 1. The fourth-order valence-corrected chi connectivity index (χ4v) is 4.59. The molecule has 1 aliphatic rings. The Morgan fingerprint density at radius 2 is 2.00 bits per heavy atom. The second-order valence-electron chi connectivity index (χ2n) is 7.70. The number of nitrogens with one attached hydrogen (secondary N) is 2. The number of para-hydroxylation sites is 1. The van der Waals surface area contributed by atoms with Crippen molar-refractivity contribution >= 4 is 57.2 Å². The molecule has 170 valence electrons. The zero-order valence-electron chi connectivity index (χ0n) is 17.7. The van der Waals surface area contributed by atoms with Crippen LogP contribution in [0.5, 0.6) is 0 Å². The van der Waals surface area contributed by atoms with Crippen LogP contribution < -0.4 is 10.6 Å². The summed E-state index contributed by atoms with van der Waals surface area (Å²) in [5.74, 6) is -1.93. The third kappa shape index (κ3) is 5.15. The van der Waals surface area contributed by atoms with Gasteiger partial charge in [0.15, 0.2) is 5.13 Å². The summed E-state index contributed by atoms with van der Waals surface area (Å²) in [5, 5.41) is 16.0. The minimum absolute atomic E-state index is 0.210. The Bertz CT molecular complexity index is 1210. The van der Waals surface area contributed by atoms with Crippen molar-refractivity contribution in [2.75, 3.05) is 23.7 Å². The number of rotatable bonds is 6. The second-order valence-corrected chi connectivity index (χ2v) is 9.13. The number of aromatic nitrogens is 1. The van der Waals surface area contributed by atoms with E-state index in [4.69, 9.17) is 16.7 Å². The minimum atomic E-state index is -0.881. The number of nitrogens with zero attached hydrogens (tertiary/aromatic N) is 2. The van der Waals surface area contributed by atoms with Crippen LogP contribution in [0.4, 0.5) is 16.5 Å². The van der Waals surface area contributed by atoms with E-state index in [0.29, 0.717) is 44.9 Å². The van der Waals surface area contributed by atoms with Crippen molar-refractivity contribution in [1.82, 2.24) is 9.88 Å². The number of thiazole rings is 1. The lowest BCUT2D eigenvalue weighted by Gasteiger charge is -2.16. The number of aryl methyl sites for hydroxylation is 1. The third-order valence-corrected chi connectivity index (χ3v) is 6.60. The average molecular weight is 485 g/mol. The van der Waals surface area contributed by atoms with Crippen molar-refractivity contribution in [2.45, 2.75) is 13.3 Å². The number of likely N-dealkylation sites (tertiary alicyclic amines) is 1. The smallest absolute Gasteiger partial charge is 0.308 e. The third-order valence-electron chi connectivity index (χ3n) is 5.38. The molecule has 0 aliphatic carbocycles. The van der Waals surface area contributed by atoms with Crippen LogP contribution in [-0.4, -0.2) is 45.9 Å². The number of aliphatic carboxylic acids is 1. The fourth-order valence-electron chi connectivity index (χ4n) is 3.58. The van der Waals surface area contributed by atoms with Crippen LogP contribution in [0.15, 0.2) is 48.7 Å². The number of carbonyl (C=O) groups excluding carboxylic acids is 2. The van der Waals surface area contributed by atoms with Gasteiger partial charge in [-0.25, -0.2) is 4.98 Å². The van der Waals surface area contributed by atoms with Crippen LogP contribution in [-0.2, 0) is 4.79 Å². The van der Waals surface area contributed by atoms with Gasteiger partial charge in [-0.2, -0.15) is 0 Å². The predicted molar refractivity (Wildman–Crippen MR) is 128 cm³/mol. The first-order valence-corrected chi connectivity index (χ1v) is 11.4. The van der Waals surface area contributed by atoms with E-state index < -0.39 is 11.9 Å². The maximum Gasteiger partial charge on any atom is 0.308 e. The van der Waals surface area contributed by atoms with Crippen LogP contribution in [0.2, 0.25) is 5.02 Å². The molecule has 0 bridgehead atoms. The zero-order chi connectivity index (χ0) is 23.5. The first-order valence-electron chi connectivity index (χ1n) is 10.2. The summed E-state index contributed by atoms with van der Waals surface area (Å²) in [5.41, 5.74) is 2.51. The highest BCUT2D eigenvalue weighted by atomic mass is 35.5. The number of hydrogen-bond acceptors (Lipinski definition) is 6. The predicted octanol–water partition coefficient (Wildman–Crippen LogP) is 4.65.